The second-order valence-electron chi connectivity index (χ2n) is 6.96. The van der Waals surface area contributed by atoms with Crippen molar-refractivity contribution >= 4 is 17.8 Å². The van der Waals surface area contributed by atoms with E-state index < -0.39 is 7.14 Å². The molecule has 0 heterocycles. The first-order valence-corrected chi connectivity index (χ1v) is 11.9. The summed E-state index contributed by atoms with van der Waals surface area (Å²) in [5, 5.41) is 2.00. The normalized spacial score (nSPS) is 11.6. The zero-order valence-electron chi connectivity index (χ0n) is 15.7. The summed E-state index contributed by atoms with van der Waals surface area (Å²) in [5.41, 5.74) is 0. The van der Waals surface area contributed by atoms with Crippen molar-refractivity contribution in [3.8, 4) is 0 Å². The van der Waals surface area contributed by atoms with Gasteiger partial charge in [0.1, 0.15) is 7.14 Å². The highest BCUT2D eigenvalue weighted by Gasteiger charge is 2.26. The fourth-order valence-corrected chi connectivity index (χ4v) is 6.18. The van der Waals surface area contributed by atoms with E-state index in [1.807, 2.05) is 60.7 Å². The summed E-state index contributed by atoms with van der Waals surface area (Å²) in [4.78, 5) is 0. The first-order chi connectivity index (χ1) is 12.3. The number of hydrogen-bond acceptors (Lipinski definition) is 1. The molecule has 0 spiro atoms. The van der Waals surface area contributed by atoms with Gasteiger partial charge in [-0.05, 0) is 6.42 Å². The lowest BCUT2D eigenvalue weighted by atomic mass is 10.1. The standard InChI is InChI=1S/C23H33OP/c1-2-3-4-5-6-7-8-9-16-21-25(24,22-17-12-10-13-18-22)23-19-14-11-15-20-23/h10-15,17-20H,2-9,16,21H2,1H3. The van der Waals surface area contributed by atoms with Crippen LogP contribution in [0.1, 0.15) is 64.7 Å². The van der Waals surface area contributed by atoms with E-state index in [0.29, 0.717) is 0 Å². The predicted molar refractivity (Wildman–Crippen MR) is 112 cm³/mol. The lowest BCUT2D eigenvalue weighted by Crippen LogP contribution is -2.18. The van der Waals surface area contributed by atoms with Gasteiger partial charge < -0.3 is 4.57 Å². The molecule has 0 aliphatic carbocycles. The third-order valence-corrected chi connectivity index (χ3v) is 8.13. The summed E-state index contributed by atoms with van der Waals surface area (Å²) in [6, 6.07) is 20.1. The molecule has 0 bridgehead atoms. The molecular formula is C23H33OP. The van der Waals surface area contributed by atoms with Crippen LogP contribution in [0.5, 0.6) is 0 Å². The third-order valence-electron chi connectivity index (χ3n) is 4.92. The molecule has 0 aliphatic rings. The van der Waals surface area contributed by atoms with E-state index in [9.17, 15) is 4.57 Å². The van der Waals surface area contributed by atoms with Gasteiger partial charge in [-0.15, -0.1) is 0 Å². The highest BCUT2D eigenvalue weighted by atomic mass is 31.2. The number of benzene rings is 2. The molecule has 2 aromatic carbocycles. The van der Waals surface area contributed by atoms with Crippen LogP contribution in [0.2, 0.25) is 0 Å². The minimum Gasteiger partial charge on any atom is -0.314 e. The number of unbranched alkanes of at least 4 members (excludes halogenated alkanes) is 8. The molecule has 25 heavy (non-hydrogen) atoms. The van der Waals surface area contributed by atoms with Crippen molar-refractivity contribution in [2.24, 2.45) is 0 Å². The lowest BCUT2D eigenvalue weighted by Gasteiger charge is -2.19. The van der Waals surface area contributed by atoms with Crippen LogP contribution in [-0.2, 0) is 4.57 Å². The Balaban J connectivity index is 1.86. The Morgan fingerprint density at radius 2 is 1.00 bits per heavy atom. The fraction of sp³-hybridized carbons (Fsp3) is 0.478. The second kappa shape index (κ2) is 11.3. The zero-order valence-corrected chi connectivity index (χ0v) is 16.6. The molecule has 0 atom stereocenters. The van der Waals surface area contributed by atoms with Crippen LogP contribution in [0.4, 0.5) is 0 Å². The highest BCUT2D eigenvalue weighted by molar-refractivity contribution is 7.78. The van der Waals surface area contributed by atoms with E-state index >= 15 is 0 Å². The average Bonchev–Trinajstić information content (AvgIpc) is 2.68. The summed E-state index contributed by atoms with van der Waals surface area (Å²) in [6.07, 6.45) is 12.4. The van der Waals surface area contributed by atoms with E-state index in [1.165, 1.54) is 51.4 Å². The Hall–Kier alpha value is -1.33. The first-order valence-electron chi connectivity index (χ1n) is 9.97. The van der Waals surface area contributed by atoms with E-state index in [4.69, 9.17) is 0 Å². The highest BCUT2D eigenvalue weighted by Crippen LogP contribution is 2.44. The van der Waals surface area contributed by atoms with Gasteiger partial charge >= 0.3 is 0 Å². The monoisotopic (exact) mass is 356 g/mol. The van der Waals surface area contributed by atoms with E-state index in [-0.39, 0.29) is 0 Å². The smallest absolute Gasteiger partial charge is 0.143 e. The number of rotatable bonds is 12. The SMILES string of the molecule is CCCCCCCCCCCP(=O)(c1ccccc1)c1ccccc1. The van der Waals surface area contributed by atoms with Crippen LogP contribution in [-0.4, -0.2) is 6.16 Å². The molecule has 0 unspecified atom stereocenters. The van der Waals surface area contributed by atoms with Crippen molar-refractivity contribution in [2.75, 3.05) is 6.16 Å². The van der Waals surface area contributed by atoms with Gasteiger partial charge in [-0.1, -0.05) is 119 Å². The van der Waals surface area contributed by atoms with Gasteiger partial charge in [-0.25, -0.2) is 0 Å². The Bertz CT molecular complexity index is 578. The van der Waals surface area contributed by atoms with Crippen molar-refractivity contribution in [1.29, 1.82) is 0 Å². The van der Waals surface area contributed by atoms with Gasteiger partial charge in [0, 0.05) is 16.8 Å². The van der Waals surface area contributed by atoms with Crippen molar-refractivity contribution in [1.82, 2.24) is 0 Å². The minimum absolute atomic E-state index is 0.789. The van der Waals surface area contributed by atoms with Gasteiger partial charge in [0.2, 0.25) is 0 Å². The summed E-state index contributed by atoms with van der Waals surface area (Å²) >= 11 is 0. The molecule has 1 nitrogen and oxygen atoms in total. The lowest BCUT2D eigenvalue weighted by molar-refractivity contribution is 0.566. The van der Waals surface area contributed by atoms with Gasteiger partial charge in [0.05, 0.1) is 0 Å². The Morgan fingerprint density at radius 3 is 1.44 bits per heavy atom. The third kappa shape index (κ3) is 6.48. The van der Waals surface area contributed by atoms with Crippen LogP contribution in [0.25, 0.3) is 0 Å². The molecule has 0 aromatic heterocycles. The summed E-state index contributed by atoms with van der Waals surface area (Å²) < 4.78 is 13.8. The Labute approximate surface area is 154 Å². The van der Waals surface area contributed by atoms with E-state index in [1.54, 1.807) is 0 Å². The molecule has 0 fully saturated rings. The average molecular weight is 356 g/mol. The molecule has 0 aliphatic heterocycles. The molecule has 0 radical (unpaired) electrons. The molecule has 0 saturated carbocycles. The van der Waals surface area contributed by atoms with Crippen LogP contribution >= 0.6 is 7.14 Å². The van der Waals surface area contributed by atoms with Gasteiger partial charge in [-0.3, -0.25) is 0 Å². The van der Waals surface area contributed by atoms with Crippen molar-refractivity contribution in [2.45, 2.75) is 64.7 Å². The topological polar surface area (TPSA) is 17.1 Å². The molecule has 136 valence electrons. The zero-order chi connectivity index (χ0) is 17.8. The molecule has 2 aromatic rings. The molecular weight excluding hydrogens is 323 g/mol. The van der Waals surface area contributed by atoms with Crippen molar-refractivity contribution in [3.63, 3.8) is 0 Å². The van der Waals surface area contributed by atoms with Gasteiger partial charge in [0.25, 0.3) is 0 Å². The molecule has 2 heteroatoms. The van der Waals surface area contributed by atoms with Crippen LogP contribution in [0.3, 0.4) is 0 Å². The van der Waals surface area contributed by atoms with Crippen LogP contribution < -0.4 is 10.6 Å². The quantitative estimate of drug-likeness (QED) is 0.312. The Kier molecular flexibility index (Phi) is 9.05. The molecule has 0 amide bonds. The molecule has 2 rings (SSSR count). The summed E-state index contributed by atoms with van der Waals surface area (Å²) in [5.74, 6) is 0. The van der Waals surface area contributed by atoms with E-state index in [0.717, 1.165) is 23.2 Å². The van der Waals surface area contributed by atoms with Gasteiger partial charge in [-0.2, -0.15) is 0 Å². The molecule has 0 N–H and O–H groups in total. The Morgan fingerprint density at radius 1 is 0.600 bits per heavy atom. The largest absolute Gasteiger partial charge is 0.314 e. The predicted octanol–water partition coefficient (Wildman–Crippen LogP) is 6.53. The number of hydrogen-bond donors (Lipinski definition) is 0. The van der Waals surface area contributed by atoms with E-state index in [2.05, 4.69) is 6.92 Å². The minimum atomic E-state index is -2.49. The molecule has 0 saturated heterocycles. The summed E-state index contributed by atoms with van der Waals surface area (Å²) in [6.45, 7) is 2.26. The first kappa shape index (κ1) is 20.0. The van der Waals surface area contributed by atoms with Crippen molar-refractivity contribution < 1.29 is 4.57 Å². The van der Waals surface area contributed by atoms with Crippen molar-refractivity contribution in [3.05, 3.63) is 60.7 Å². The fourth-order valence-electron chi connectivity index (χ4n) is 3.39. The van der Waals surface area contributed by atoms with Gasteiger partial charge in [0.15, 0.2) is 0 Å². The van der Waals surface area contributed by atoms with Crippen LogP contribution in [0, 0.1) is 0 Å². The summed E-state index contributed by atoms with van der Waals surface area (Å²) in [7, 11) is -2.49. The maximum Gasteiger partial charge on any atom is 0.143 e. The second-order valence-corrected chi connectivity index (χ2v) is 9.92. The van der Waals surface area contributed by atoms with Crippen LogP contribution in [0.15, 0.2) is 60.7 Å². The maximum absolute atomic E-state index is 13.8. The maximum atomic E-state index is 13.8.